The van der Waals surface area contributed by atoms with Crippen LogP contribution in [-0.2, 0) is 0 Å². The molecule has 0 bridgehead atoms. The molecule has 2 heterocycles. The number of carbonyl (C=O) groups excluding carboxylic acids is 1. The van der Waals surface area contributed by atoms with Crippen molar-refractivity contribution in [2.75, 3.05) is 13.1 Å². The number of nitrogens with two attached hydrogens (primary N) is 1. The number of hydrogen-bond acceptors (Lipinski definition) is 3. The maximum absolute atomic E-state index is 12.3. The molecule has 96 valence electrons. The fourth-order valence-corrected chi connectivity index (χ4v) is 2.41. The van der Waals surface area contributed by atoms with Gasteiger partial charge in [-0.15, -0.1) is 0 Å². The Hall–Kier alpha value is -1.49. The maximum Gasteiger partial charge on any atom is 0.272 e. The molecule has 1 aromatic rings. The van der Waals surface area contributed by atoms with Gasteiger partial charge in [-0.2, -0.15) is 0 Å². The van der Waals surface area contributed by atoms with Crippen molar-refractivity contribution in [2.24, 2.45) is 11.7 Å². The second-order valence-corrected chi connectivity index (χ2v) is 5.13. The zero-order chi connectivity index (χ0) is 13.1. The second-order valence-electron chi connectivity index (χ2n) is 4.66. The molecular weight excluding hydrogens is 246 g/mol. The molecule has 1 aromatic heterocycles. The van der Waals surface area contributed by atoms with Gasteiger partial charge in [0.05, 0.1) is 4.99 Å². The number of rotatable bonds is 2. The molecule has 0 aromatic carbocycles. The summed E-state index contributed by atoms with van der Waals surface area (Å²) in [5.41, 5.74) is 7.02. The molecule has 0 spiro atoms. The standard InChI is InChI=1S/C13H17N3OS/c1-9-4-2-6-11(15-9)13(17)16-7-3-5-10(8-16)12(14)18/h2,4,6,10H,3,5,7-8H2,1H3,(H2,14,18). The summed E-state index contributed by atoms with van der Waals surface area (Å²) in [6.45, 7) is 3.25. The molecule has 1 unspecified atom stereocenters. The topological polar surface area (TPSA) is 59.2 Å². The zero-order valence-corrected chi connectivity index (χ0v) is 11.2. The summed E-state index contributed by atoms with van der Waals surface area (Å²) in [6.07, 6.45) is 1.92. The first kappa shape index (κ1) is 13.0. The highest BCUT2D eigenvalue weighted by Gasteiger charge is 2.26. The van der Waals surface area contributed by atoms with Gasteiger partial charge < -0.3 is 10.6 Å². The van der Waals surface area contributed by atoms with Crippen molar-refractivity contribution in [1.29, 1.82) is 0 Å². The molecule has 4 nitrogen and oxygen atoms in total. The highest BCUT2D eigenvalue weighted by molar-refractivity contribution is 7.80. The smallest absolute Gasteiger partial charge is 0.272 e. The minimum Gasteiger partial charge on any atom is -0.393 e. The van der Waals surface area contributed by atoms with E-state index in [4.69, 9.17) is 18.0 Å². The quantitative estimate of drug-likeness (QED) is 0.822. The molecule has 1 amide bonds. The van der Waals surface area contributed by atoms with Crippen LogP contribution in [0.25, 0.3) is 0 Å². The molecule has 1 fully saturated rings. The van der Waals surface area contributed by atoms with Crippen molar-refractivity contribution in [3.63, 3.8) is 0 Å². The van der Waals surface area contributed by atoms with Crippen LogP contribution in [0.3, 0.4) is 0 Å². The van der Waals surface area contributed by atoms with Gasteiger partial charge in [-0.25, -0.2) is 4.98 Å². The third-order valence-electron chi connectivity index (χ3n) is 3.22. The lowest BCUT2D eigenvalue weighted by atomic mass is 9.98. The number of thiocarbonyl (C=S) groups is 1. The molecular formula is C13H17N3OS. The van der Waals surface area contributed by atoms with Gasteiger partial charge in [-0.1, -0.05) is 18.3 Å². The van der Waals surface area contributed by atoms with Crippen LogP contribution in [0.1, 0.15) is 29.0 Å². The van der Waals surface area contributed by atoms with Crippen molar-refractivity contribution in [2.45, 2.75) is 19.8 Å². The minimum atomic E-state index is -0.0281. The molecule has 0 aliphatic carbocycles. The van der Waals surface area contributed by atoms with Gasteiger partial charge in [-0.3, -0.25) is 4.79 Å². The van der Waals surface area contributed by atoms with Crippen LogP contribution >= 0.6 is 12.2 Å². The van der Waals surface area contributed by atoms with Gasteiger partial charge in [0.1, 0.15) is 5.69 Å². The Kier molecular flexibility index (Phi) is 3.91. The van der Waals surface area contributed by atoms with Crippen molar-refractivity contribution >= 4 is 23.1 Å². The molecule has 1 aliphatic rings. The number of piperidine rings is 1. The van der Waals surface area contributed by atoms with E-state index in [-0.39, 0.29) is 11.8 Å². The Bertz CT molecular complexity index is 475. The lowest BCUT2D eigenvalue weighted by molar-refractivity contribution is 0.0697. The molecule has 0 radical (unpaired) electrons. The summed E-state index contributed by atoms with van der Waals surface area (Å²) >= 11 is 5.02. The molecule has 0 saturated carbocycles. The first-order valence-corrected chi connectivity index (χ1v) is 6.51. The Balaban J connectivity index is 2.11. The Morgan fingerprint density at radius 2 is 2.33 bits per heavy atom. The maximum atomic E-state index is 12.3. The first-order valence-electron chi connectivity index (χ1n) is 6.10. The van der Waals surface area contributed by atoms with Gasteiger partial charge in [0.25, 0.3) is 5.91 Å². The summed E-state index contributed by atoms with van der Waals surface area (Å²) in [7, 11) is 0. The Labute approximate surface area is 112 Å². The number of likely N-dealkylation sites (tertiary alicyclic amines) is 1. The van der Waals surface area contributed by atoms with E-state index >= 15 is 0 Å². The van der Waals surface area contributed by atoms with Crippen LogP contribution in [0.2, 0.25) is 0 Å². The van der Waals surface area contributed by atoms with Crippen molar-refractivity contribution in [3.05, 3.63) is 29.6 Å². The van der Waals surface area contributed by atoms with E-state index < -0.39 is 0 Å². The Morgan fingerprint density at radius 3 is 3.00 bits per heavy atom. The second kappa shape index (κ2) is 5.44. The average molecular weight is 263 g/mol. The van der Waals surface area contributed by atoms with Crippen LogP contribution in [0.5, 0.6) is 0 Å². The van der Waals surface area contributed by atoms with Crippen molar-refractivity contribution < 1.29 is 4.79 Å². The third kappa shape index (κ3) is 2.85. The van der Waals surface area contributed by atoms with Gasteiger partial charge >= 0.3 is 0 Å². The van der Waals surface area contributed by atoms with Crippen LogP contribution < -0.4 is 5.73 Å². The summed E-state index contributed by atoms with van der Waals surface area (Å²) < 4.78 is 0. The average Bonchev–Trinajstić information content (AvgIpc) is 2.38. The van der Waals surface area contributed by atoms with E-state index in [2.05, 4.69) is 4.98 Å². The molecule has 5 heteroatoms. The van der Waals surface area contributed by atoms with Crippen LogP contribution in [0.4, 0.5) is 0 Å². The number of nitrogens with zero attached hydrogens (tertiary/aromatic N) is 2. The highest BCUT2D eigenvalue weighted by atomic mass is 32.1. The van der Waals surface area contributed by atoms with Crippen LogP contribution in [0.15, 0.2) is 18.2 Å². The molecule has 18 heavy (non-hydrogen) atoms. The number of pyridine rings is 1. The van der Waals surface area contributed by atoms with Crippen LogP contribution in [0, 0.1) is 12.8 Å². The van der Waals surface area contributed by atoms with Gasteiger partial charge in [-0.05, 0) is 31.9 Å². The molecule has 2 rings (SSSR count). The van der Waals surface area contributed by atoms with Gasteiger partial charge in [0.2, 0.25) is 0 Å². The van der Waals surface area contributed by atoms with Crippen LogP contribution in [-0.4, -0.2) is 33.9 Å². The van der Waals surface area contributed by atoms with Gasteiger partial charge in [0.15, 0.2) is 0 Å². The van der Waals surface area contributed by atoms with E-state index in [1.807, 2.05) is 19.1 Å². The SMILES string of the molecule is Cc1cccc(C(=O)N2CCCC(C(N)=S)C2)n1. The number of hydrogen-bond donors (Lipinski definition) is 1. The molecule has 1 atom stereocenters. The minimum absolute atomic E-state index is 0.0281. The Morgan fingerprint density at radius 1 is 1.56 bits per heavy atom. The first-order chi connectivity index (χ1) is 8.58. The summed E-state index contributed by atoms with van der Waals surface area (Å²) in [5.74, 6) is 0.113. The summed E-state index contributed by atoms with van der Waals surface area (Å²) in [5, 5.41) is 0. The number of aromatic nitrogens is 1. The van der Waals surface area contributed by atoms with Crippen molar-refractivity contribution in [3.8, 4) is 0 Å². The fourth-order valence-electron chi connectivity index (χ4n) is 2.22. The monoisotopic (exact) mass is 263 g/mol. The largest absolute Gasteiger partial charge is 0.393 e. The fraction of sp³-hybridized carbons (Fsp3) is 0.462. The van der Waals surface area contributed by atoms with E-state index in [0.29, 0.717) is 17.2 Å². The summed E-state index contributed by atoms with van der Waals surface area (Å²) in [4.78, 5) is 18.9. The number of aryl methyl sites for hydroxylation is 1. The lowest BCUT2D eigenvalue weighted by Gasteiger charge is -2.32. The molecule has 1 saturated heterocycles. The highest BCUT2D eigenvalue weighted by Crippen LogP contribution is 2.18. The normalized spacial score (nSPS) is 19.6. The summed E-state index contributed by atoms with van der Waals surface area (Å²) in [6, 6.07) is 5.48. The van der Waals surface area contributed by atoms with Crippen molar-refractivity contribution in [1.82, 2.24) is 9.88 Å². The lowest BCUT2D eigenvalue weighted by Crippen LogP contribution is -2.43. The third-order valence-corrected chi connectivity index (χ3v) is 3.55. The zero-order valence-electron chi connectivity index (χ0n) is 10.4. The van der Waals surface area contributed by atoms with E-state index in [1.165, 1.54) is 0 Å². The predicted octanol–water partition coefficient (Wildman–Crippen LogP) is 1.53. The molecule has 1 aliphatic heterocycles. The van der Waals surface area contributed by atoms with Gasteiger partial charge in [0, 0.05) is 24.7 Å². The predicted molar refractivity (Wildman–Crippen MR) is 74.4 cm³/mol. The number of amides is 1. The van der Waals surface area contributed by atoms with E-state index in [1.54, 1.807) is 11.0 Å². The number of carbonyl (C=O) groups is 1. The van der Waals surface area contributed by atoms with E-state index in [0.717, 1.165) is 25.1 Å². The van der Waals surface area contributed by atoms with E-state index in [9.17, 15) is 4.79 Å². The molecule has 2 N–H and O–H groups in total.